The van der Waals surface area contributed by atoms with Crippen LogP contribution in [0.15, 0.2) is 48.5 Å². The minimum Gasteiger partial charge on any atom is -0.497 e. The van der Waals surface area contributed by atoms with Gasteiger partial charge in [0.1, 0.15) is 23.5 Å². The SMILES string of the molecule is COc1ccc(NC(=O)CN(C)CC(=O)Nc2c(C#N)c(C)c(C)n2-c2ccc(F)cc2)cc1. The van der Waals surface area contributed by atoms with E-state index in [0.29, 0.717) is 34.1 Å². The predicted molar refractivity (Wildman–Crippen MR) is 128 cm³/mol. The Hall–Kier alpha value is -4.16. The molecule has 0 bridgehead atoms. The number of halogens is 1. The van der Waals surface area contributed by atoms with E-state index in [1.54, 1.807) is 66.9 Å². The fourth-order valence-electron chi connectivity index (χ4n) is 3.57. The second-order valence-corrected chi connectivity index (χ2v) is 7.85. The van der Waals surface area contributed by atoms with E-state index in [1.165, 1.54) is 12.1 Å². The molecular weight excluding hydrogens is 437 g/mol. The number of carbonyl (C=O) groups is 2. The number of hydrogen-bond acceptors (Lipinski definition) is 5. The molecule has 0 fully saturated rings. The molecule has 0 atom stereocenters. The summed E-state index contributed by atoms with van der Waals surface area (Å²) in [7, 11) is 3.21. The summed E-state index contributed by atoms with van der Waals surface area (Å²) in [5.74, 6) is -0.0628. The van der Waals surface area contributed by atoms with E-state index in [9.17, 15) is 19.2 Å². The Bertz CT molecular complexity index is 1230. The molecular formula is C25H26FN5O3. The summed E-state index contributed by atoms with van der Waals surface area (Å²) in [5.41, 5.74) is 3.03. The lowest BCUT2D eigenvalue weighted by molar-refractivity contribution is -0.119. The number of nitriles is 1. The number of ether oxygens (including phenoxy) is 1. The minimum atomic E-state index is -0.392. The summed E-state index contributed by atoms with van der Waals surface area (Å²) in [6.07, 6.45) is 0. The van der Waals surface area contributed by atoms with Gasteiger partial charge in [-0.15, -0.1) is 0 Å². The number of aromatic nitrogens is 1. The number of benzene rings is 2. The van der Waals surface area contributed by atoms with Crippen molar-refractivity contribution in [3.8, 4) is 17.5 Å². The Balaban J connectivity index is 1.69. The van der Waals surface area contributed by atoms with Crippen molar-refractivity contribution in [1.82, 2.24) is 9.47 Å². The Morgan fingerprint density at radius 1 is 1.03 bits per heavy atom. The zero-order chi connectivity index (χ0) is 24.8. The van der Waals surface area contributed by atoms with Crippen molar-refractivity contribution in [3.05, 3.63) is 71.2 Å². The smallest absolute Gasteiger partial charge is 0.239 e. The highest BCUT2D eigenvalue weighted by molar-refractivity contribution is 5.95. The van der Waals surface area contributed by atoms with Gasteiger partial charge in [-0.3, -0.25) is 19.1 Å². The van der Waals surface area contributed by atoms with E-state index in [-0.39, 0.29) is 24.8 Å². The van der Waals surface area contributed by atoms with Crippen LogP contribution in [-0.2, 0) is 9.59 Å². The number of amides is 2. The second-order valence-electron chi connectivity index (χ2n) is 7.85. The average molecular weight is 464 g/mol. The molecule has 0 aliphatic carbocycles. The van der Waals surface area contributed by atoms with Gasteiger partial charge in [0.2, 0.25) is 11.8 Å². The first-order chi connectivity index (χ1) is 16.2. The number of rotatable bonds is 8. The van der Waals surface area contributed by atoms with Crippen LogP contribution in [0.3, 0.4) is 0 Å². The van der Waals surface area contributed by atoms with Crippen LogP contribution in [0.5, 0.6) is 5.75 Å². The number of likely N-dealkylation sites (N-methyl/N-ethyl adjacent to an activating group) is 1. The molecule has 0 saturated carbocycles. The molecule has 3 rings (SSSR count). The van der Waals surface area contributed by atoms with Crippen LogP contribution in [0.2, 0.25) is 0 Å². The minimum absolute atomic E-state index is 0.0123. The van der Waals surface area contributed by atoms with Crippen LogP contribution in [0.4, 0.5) is 15.9 Å². The van der Waals surface area contributed by atoms with Gasteiger partial charge in [-0.1, -0.05) is 0 Å². The molecule has 0 aliphatic heterocycles. The highest BCUT2D eigenvalue weighted by Gasteiger charge is 2.21. The van der Waals surface area contributed by atoms with Gasteiger partial charge in [-0.25, -0.2) is 4.39 Å². The quantitative estimate of drug-likeness (QED) is 0.532. The standard InChI is InChI=1S/C25H26FN5O3/c1-16-17(2)31(20-9-5-18(26)6-10-20)25(22(16)13-27)29-24(33)15-30(3)14-23(32)28-19-7-11-21(34-4)12-8-19/h5-12H,14-15H2,1-4H3,(H,28,32)(H,29,33). The van der Waals surface area contributed by atoms with E-state index in [2.05, 4.69) is 16.7 Å². The van der Waals surface area contributed by atoms with E-state index in [0.717, 1.165) is 5.69 Å². The molecule has 2 aromatic carbocycles. The van der Waals surface area contributed by atoms with Crippen molar-refractivity contribution >= 4 is 23.3 Å². The number of methoxy groups -OCH3 is 1. The molecule has 0 aliphatic rings. The van der Waals surface area contributed by atoms with Gasteiger partial charge in [-0.2, -0.15) is 5.26 Å². The summed E-state index contributed by atoms with van der Waals surface area (Å²) in [5, 5.41) is 15.2. The third kappa shape index (κ3) is 5.60. The van der Waals surface area contributed by atoms with E-state index in [1.807, 2.05) is 6.92 Å². The van der Waals surface area contributed by atoms with Gasteiger partial charge in [-0.05, 0) is 75.0 Å². The molecule has 3 aromatic rings. The first kappa shape index (κ1) is 24.5. The van der Waals surface area contributed by atoms with E-state index >= 15 is 0 Å². The number of hydrogen-bond donors (Lipinski definition) is 2. The van der Waals surface area contributed by atoms with Gasteiger partial charge in [0.05, 0.1) is 25.8 Å². The third-order valence-corrected chi connectivity index (χ3v) is 5.37. The molecule has 0 saturated heterocycles. The lowest BCUT2D eigenvalue weighted by atomic mass is 10.2. The number of nitrogens with one attached hydrogen (secondary N) is 2. The lowest BCUT2D eigenvalue weighted by Crippen LogP contribution is -2.36. The monoisotopic (exact) mass is 463 g/mol. The fraction of sp³-hybridized carbons (Fsp3) is 0.240. The highest BCUT2D eigenvalue weighted by Crippen LogP contribution is 2.30. The Morgan fingerprint density at radius 3 is 2.18 bits per heavy atom. The largest absolute Gasteiger partial charge is 0.497 e. The van der Waals surface area contributed by atoms with Gasteiger partial charge < -0.3 is 15.4 Å². The zero-order valence-electron chi connectivity index (χ0n) is 19.5. The second kappa shape index (κ2) is 10.6. The van der Waals surface area contributed by atoms with E-state index < -0.39 is 5.91 Å². The Kier molecular flexibility index (Phi) is 7.66. The maximum Gasteiger partial charge on any atom is 0.239 e. The van der Waals surface area contributed by atoms with Crippen molar-refractivity contribution in [3.63, 3.8) is 0 Å². The molecule has 2 amide bonds. The molecule has 0 spiro atoms. The van der Waals surface area contributed by atoms with Gasteiger partial charge in [0, 0.05) is 17.1 Å². The van der Waals surface area contributed by atoms with Crippen molar-refractivity contribution in [2.45, 2.75) is 13.8 Å². The molecule has 9 heteroatoms. The van der Waals surface area contributed by atoms with Crippen LogP contribution in [0.1, 0.15) is 16.8 Å². The Labute approximate surface area is 197 Å². The zero-order valence-corrected chi connectivity index (χ0v) is 19.5. The normalized spacial score (nSPS) is 10.6. The van der Waals surface area contributed by atoms with Crippen LogP contribution >= 0.6 is 0 Å². The number of anilines is 2. The lowest BCUT2D eigenvalue weighted by Gasteiger charge is -2.17. The summed E-state index contributed by atoms with van der Waals surface area (Å²) in [6.45, 7) is 3.53. The Morgan fingerprint density at radius 2 is 1.62 bits per heavy atom. The number of nitrogens with zero attached hydrogens (tertiary/aromatic N) is 3. The third-order valence-electron chi connectivity index (χ3n) is 5.37. The summed E-state index contributed by atoms with van der Waals surface area (Å²) < 4.78 is 20.2. The first-order valence-corrected chi connectivity index (χ1v) is 10.5. The van der Waals surface area contributed by atoms with Crippen LogP contribution in [-0.4, -0.2) is 48.5 Å². The van der Waals surface area contributed by atoms with Crippen LogP contribution < -0.4 is 15.4 Å². The molecule has 0 radical (unpaired) electrons. The maximum absolute atomic E-state index is 13.4. The van der Waals surface area contributed by atoms with Gasteiger partial charge in [0.25, 0.3) is 0 Å². The van der Waals surface area contributed by atoms with E-state index in [4.69, 9.17) is 4.74 Å². The van der Waals surface area contributed by atoms with Crippen molar-refractivity contribution in [1.29, 1.82) is 5.26 Å². The molecule has 1 heterocycles. The highest BCUT2D eigenvalue weighted by atomic mass is 19.1. The summed E-state index contributed by atoms with van der Waals surface area (Å²) in [4.78, 5) is 26.7. The molecule has 176 valence electrons. The first-order valence-electron chi connectivity index (χ1n) is 10.5. The maximum atomic E-state index is 13.4. The van der Waals surface area contributed by atoms with Crippen molar-refractivity contribution in [2.24, 2.45) is 0 Å². The summed E-state index contributed by atoms with van der Waals surface area (Å²) in [6, 6.07) is 14.8. The molecule has 34 heavy (non-hydrogen) atoms. The molecule has 2 N–H and O–H groups in total. The van der Waals surface area contributed by atoms with Crippen molar-refractivity contribution in [2.75, 3.05) is 37.9 Å². The fourth-order valence-corrected chi connectivity index (χ4v) is 3.57. The molecule has 0 unspecified atom stereocenters. The molecule has 1 aromatic heterocycles. The van der Waals surface area contributed by atoms with Crippen molar-refractivity contribution < 1.29 is 18.7 Å². The van der Waals surface area contributed by atoms with Gasteiger partial charge in [0.15, 0.2) is 0 Å². The number of carbonyl (C=O) groups excluding carboxylic acids is 2. The molecule has 8 nitrogen and oxygen atoms in total. The van der Waals surface area contributed by atoms with Gasteiger partial charge >= 0.3 is 0 Å². The predicted octanol–water partition coefficient (Wildman–Crippen LogP) is 3.62. The summed E-state index contributed by atoms with van der Waals surface area (Å²) >= 11 is 0. The van der Waals surface area contributed by atoms with Crippen LogP contribution in [0, 0.1) is 31.0 Å². The topological polar surface area (TPSA) is 99.4 Å². The van der Waals surface area contributed by atoms with Crippen LogP contribution in [0.25, 0.3) is 5.69 Å². The average Bonchev–Trinajstić information content (AvgIpc) is 3.03.